The molecule has 1 fully saturated rings. The third-order valence-corrected chi connectivity index (χ3v) is 5.21. The van der Waals surface area contributed by atoms with Gasteiger partial charge in [0.2, 0.25) is 5.91 Å². The predicted molar refractivity (Wildman–Crippen MR) is 111 cm³/mol. The normalized spacial score (nSPS) is 13.6. The molecule has 30 heavy (non-hydrogen) atoms. The lowest BCUT2D eigenvalue weighted by atomic mass is 10.1. The second-order valence-electron chi connectivity index (χ2n) is 7.08. The van der Waals surface area contributed by atoms with Gasteiger partial charge in [-0.25, -0.2) is 9.37 Å². The molecule has 0 radical (unpaired) electrons. The van der Waals surface area contributed by atoms with Gasteiger partial charge in [0.25, 0.3) is 11.5 Å². The van der Waals surface area contributed by atoms with Crippen LogP contribution in [0.3, 0.4) is 0 Å². The third kappa shape index (κ3) is 4.04. The van der Waals surface area contributed by atoms with Gasteiger partial charge >= 0.3 is 0 Å². The number of halogens is 2. The number of hydrogen-bond donors (Lipinski definition) is 1. The Labute approximate surface area is 176 Å². The fourth-order valence-corrected chi connectivity index (χ4v) is 3.65. The largest absolute Gasteiger partial charge is 0.339 e. The van der Waals surface area contributed by atoms with Gasteiger partial charge in [0.05, 0.1) is 28.5 Å². The zero-order valence-electron chi connectivity index (χ0n) is 15.9. The van der Waals surface area contributed by atoms with E-state index in [1.807, 2.05) is 0 Å². The Balaban J connectivity index is 1.57. The Morgan fingerprint density at radius 2 is 1.90 bits per heavy atom. The summed E-state index contributed by atoms with van der Waals surface area (Å²) in [7, 11) is 0. The maximum absolute atomic E-state index is 13.5. The molecule has 1 N–H and O–H groups in total. The standard InChI is InChI=1S/C21H18ClFN4O3/c22-13-3-5-18(15(9-13)20(29)26-7-1-2-8-26)25-19(28)11-27-12-24-17-6-4-14(23)10-16(17)21(27)30/h3-6,9-10,12H,1-2,7-8,11H2,(H,25,28). The second-order valence-corrected chi connectivity index (χ2v) is 7.51. The Morgan fingerprint density at radius 3 is 2.67 bits per heavy atom. The van der Waals surface area contributed by atoms with Crippen molar-refractivity contribution in [2.45, 2.75) is 19.4 Å². The SMILES string of the molecule is O=C(Cn1cnc2ccc(F)cc2c1=O)Nc1ccc(Cl)cc1C(=O)N1CCCC1. The zero-order chi connectivity index (χ0) is 21.3. The number of carbonyl (C=O) groups excluding carboxylic acids is 2. The van der Waals surface area contributed by atoms with Crippen molar-refractivity contribution in [3.63, 3.8) is 0 Å². The van der Waals surface area contributed by atoms with Crippen LogP contribution in [0.1, 0.15) is 23.2 Å². The van der Waals surface area contributed by atoms with Crippen molar-refractivity contribution < 1.29 is 14.0 Å². The van der Waals surface area contributed by atoms with Crippen LogP contribution in [0, 0.1) is 5.82 Å². The van der Waals surface area contributed by atoms with E-state index in [4.69, 9.17) is 11.6 Å². The Kier molecular flexibility index (Phi) is 5.50. The van der Waals surface area contributed by atoms with Crippen molar-refractivity contribution in [2.75, 3.05) is 18.4 Å². The smallest absolute Gasteiger partial charge is 0.261 e. The maximum Gasteiger partial charge on any atom is 0.261 e. The molecule has 9 heteroatoms. The Morgan fingerprint density at radius 1 is 1.13 bits per heavy atom. The van der Waals surface area contributed by atoms with Gasteiger partial charge in [-0.05, 0) is 49.2 Å². The molecule has 1 aromatic heterocycles. The summed E-state index contributed by atoms with van der Waals surface area (Å²) in [5.74, 6) is -1.28. The maximum atomic E-state index is 13.5. The van der Waals surface area contributed by atoms with E-state index in [0.717, 1.165) is 23.5 Å². The Hall–Kier alpha value is -3.26. The lowest BCUT2D eigenvalue weighted by Gasteiger charge is -2.18. The van der Waals surface area contributed by atoms with Crippen LogP contribution in [0.25, 0.3) is 10.9 Å². The van der Waals surface area contributed by atoms with Gasteiger partial charge in [-0.2, -0.15) is 0 Å². The first kappa shape index (κ1) is 20.0. The highest BCUT2D eigenvalue weighted by Gasteiger charge is 2.23. The number of anilines is 1. The first-order valence-corrected chi connectivity index (χ1v) is 9.83. The topological polar surface area (TPSA) is 84.3 Å². The summed E-state index contributed by atoms with van der Waals surface area (Å²) in [5, 5.41) is 3.14. The molecule has 0 unspecified atom stereocenters. The van der Waals surface area contributed by atoms with Gasteiger partial charge < -0.3 is 10.2 Å². The van der Waals surface area contributed by atoms with Gasteiger partial charge in [-0.15, -0.1) is 0 Å². The lowest BCUT2D eigenvalue weighted by Crippen LogP contribution is -2.30. The number of nitrogens with zero attached hydrogens (tertiary/aromatic N) is 3. The number of hydrogen-bond acceptors (Lipinski definition) is 4. The van der Waals surface area contributed by atoms with Gasteiger partial charge in [0.1, 0.15) is 12.4 Å². The highest BCUT2D eigenvalue weighted by molar-refractivity contribution is 6.31. The molecule has 1 saturated heterocycles. The van der Waals surface area contributed by atoms with E-state index in [1.165, 1.54) is 24.5 Å². The summed E-state index contributed by atoms with van der Waals surface area (Å²) in [6.07, 6.45) is 3.11. The molecule has 4 rings (SSSR count). The third-order valence-electron chi connectivity index (χ3n) is 4.98. The fraction of sp³-hybridized carbons (Fsp3) is 0.238. The number of amides is 2. The van der Waals surface area contributed by atoms with E-state index in [2.05, 4.69) is 10.3 Å². The number of rotatable bonds is 4. The van der Waals surface area contributed by atoms with Crippen molar-refractivity contribution in [2.24, 2.45) is 0 Å². The molecule has 0 atom stereocenters. The van der Waals surface area contributed by atoms with E-state index in [9.17, 15) is 18.8 Å². The minimum absolute atomic E-state index is 0.0849. The molecule has 0 saturated carbocycles. The van der Waals surface area contributed by atoms with Crippen molar-refractivity contribution in [3.05, 3.63) is 69.5 Å². The van der Waals surface area contributed by atoms with E-state index < -0.39 is 17.3 Å². The van der Waals surface area contributed by atoms with Gasteiger partial charge in [-0.3, -0.25) is 19.0 Å². The quantitative estimate of drug-likeness (QED) is 0.692. The number of benzene rings is 2. The molecular formula is C21H18ClFN4O3. The molecule has 7 nitrogen and oxygen atoms in total. The van der Waals surface area contributed by atoms with Crippen molar-refractivity contribution in [3.8, 4) is 0 Å². The second kappa shape index (κ2) is 8.23. The molecule has 3 aromatic rings. The molecule has 2 amide bonds. The molecule has 0 aliphatic carbocycles. The zero-order valence-corrected chi connectivity index (χ0v) is 16.7. The molecule has 2 aromatic carbocycles. The van der Waals surface area contributed by atoms with Crippen LogP contribution >= 0.6 is 11.6 Å². The van der Waals surface area contributed by atoms with Crippen LogP contribution in [0.2, 0.25) is 5.02 Å². The summed E-state index contributed by atoms with van der Waals surface area (Å²) in [6.45, 7) is 0.985. The van der Waals surface area contributed by atoms with Crippen molar-refractivity contribution in [1.29, 1.82) is 0 Å². The molecule has 0 spiro atoms. The van der Waals surface area contributed by atoms with Crippen LogP contribution in [0.4, 0.5) is 10.1 Å². The summed E-state index contributed by atoms with van der Waals surface area (Å²) >= 11 is 6.06. The highest BCUT2D eigenvalue weighted by atomic mass is 35.5. The summed E-state index contributed by atoms with van der Waals surface area (Å²) in [5.41, 5.74) is 0.423. The van der Waals surface area contributed by atoms with Crippen LogP contribution < -0.4 is 10.9 Å². The van der Waals surface area contributed by atoms with Gasteiger partial charge in [0.15, 0.2) is 0 Å². The van der Waals surface area contributed by atoms with E-state index in [-0.39, 0.29) is 17.8 Å². The number of fused-ring (bicyclic) bond motifs is 1. The van der Waals surface area contributed by atoms with Crippen LogP contribution in [-0.4, -0.2) is 39.4 Å². The Bertz CT molecular complexity index is 1200. The minimum atomic E-state index is -0.560. The summed E-state index contributed by atoms with van der Waals surface area (Å²) < 4.78 is 14.6. The average molecular weight is 429 g/mol. The average Bonchev–Trinajstić information content (AvgIpc) is 3.26. The summed E-state index contributed by atoms with van der Waals surface area (Å²) in [4.78, 5) is 43.8. The predicted octanol–water partition coefficient (Wildman–Crippen LogP) is 3.06. The summed E-state index contributed by atoms with van der Waals surface area (Å²) in [6, 6.07) is 8.35. The lowest BCUT2D eigenvalue weighted by molar-refractivity contribution is -0.116. The highest BCUT2D eigenvalue weighted by Crippen LogP contribution is 2.24. The van der Waals surface area contributed by atoms with E-state index >= 15 is 0 Å². The number of carbonyl (C=O) groups is 2. The molecular weight excluding hydrogens is 411 g/mol. The first-order chi connectivity index (χ1) is 14.4. The molecule has 1 aliphatic heterocycles. The number of aromatic nitrogens is 2. The molecule has 2 heterocycles. The van der Waals surface area contributed by atoms with Crippen molar-refractivity contribution in [1.82, 2.24) is 14.5 Å². The number of nitrogens with one attached hydrogen (secondary N) is 1. The number of likely N-dealkylation sites (tertiary alicyclic amines) is 1. The van der Waals surface area contributed by atoms with Crippen molar-refractivity contribution >= 4 is 40.0 Å². The van der Waals surface area contributed by atoms with E-state index in [1.54, 1.807) is 17.0 Å². The monoisotopic (exact) mass is 428 g/mol. The van der Waals surface area contributed by atoms with Gasteiger partial charge in [-0.1, -0.05) is 11.6 Å². The van der Waals surface area contributed by atoms with Gasteiger partial charge in [0, 0.05) is 18.1 Å². The molecule has 1 aliphatic rings. The van der Waals surface area contributed by atoms with E-state index in [0.29, 0.717) is 34.9 Å². The van der Waals surface area contributed by atoms with Crippen LogP contribution in [-0.2, 0) is 11.3 Å². The minimum Gasteiger partial charge on any atom is -0.339 e. The fourth-order valence-electron chi connectivity index (χ4n) is 3.48. The first-order valence-electron chi connectivity index (χ1n) is 9.46. The van der Waals surface area contributed by atoms with Crippen LogP contribution in [0.5, 0.6) is 0 Å². The molecule has 154 valence electrons. The van der Waals surface area contributed by atoms with Crippen LogP contribution in [0.15, 0.2) is 47.5 Å². The molecule has 0 bridgehead atoms.